The molecule has 0 radical (unpaired) electrons. The molecule has 0 bridgehead atoms. The molecule has 7 heteroatoms. The molecule has 0 heterocycles. The molecule has 110 valence electrons. The van der Waals surface area contributed by atoms with Crippen LogP contribution in [0.25, 0.3) is 0 Å². The van der Waals surface area contributed by atoms with Gasteiger partial charge >= 0.3 is 0 Å². The minimum Gasteiger partial charge on any atom is -0.315 e. The second kappa shape index (κ2) is 9.25. The van der Waals surface area contributed by atoms with E-state index in [9.17, 15) is 12.8 Å². The molecule has 19 heavy (non-hydrogen) atoms. The van der Waals surface area contributed by atoms with Crippen LogP contribution in [0, 0.1) is 5.82 Å². The number of sulfonamides is 1. The molecule has 0 unspecified atom stereocenters. The Morgan fingerprint density at radius 1 is 1.21 bits per heavy atom. The van der Waals surface area contributed by atoms with E-state index >= 15 is 0 Å². The highest BCUT2D eigenvalue weighted by atomic mass is 35.5. The van der Waals surface area contributed by atoms with E-state index in [1.54, 1.807) is 6.07 Å². The van der Waals surface area contributed by atoms with Gasteiger partial charge in [0.2, 0.25) is 10.0 Å². The molecule has 0 saturated carbocycles. The molecule has 0 aliphatic rings. The number of nitrogens with one attached hydrogen (secondary N) is 2. The molecule has 1 aromatic rings. The lowest BCUT2D eigenvalue weighted by Gasteiger charge is -2.07. The second-order valence-corrected chi connectivity index (χ2v) is 5.84. The first-order valence-corrected chi connectivity index (χ1v) is 7.61. The lowest BCUT2D eigenvalue weighted by molar-refractivity contribution is 0.574. The van der Waals surface area contributed by atoms with Gasteiger partial charge in [0, 0.05) is 13.1 Å². The molecule has 2 N–H and O–H groups in total. The van der Waals surface area contributed by atoms with Gasteiger partial charge in [0.1, 0.15) is 5.82 Å². The van der Waals surface area contributed by atoms with Crippen LogP contribution in [-0.2, 0) is 15.8 Å². The van der Waals surface area contributed by atoms with Crippen molar-refractivity contribution in [2.45, 2.75) is 19.1 Å². The van der Waals surface area contributed by atoms with Crippen LogP contribution < -0.4 is 10.0 Å². The van der Waals surface area contributed by atoms with Crippen LogP contribution in [0.4, 0.5) is 4.39 Å². The monoisotopic (exact) mass is 310 g/mol. The molecule has 0 fully saturated rings. The maximum absolute atomic E-state index is 12.9. The van der Waals surface area contributed by atoms with Crippen molar-refractivity contribution >= 4 is 22.4 Å². The summed E-state index contributed by atoms with van der Waals surface area (Å²) in [6.45, 7) is 3.85. The Balaban J connectivity index is 0.00000324. The van der Waals surface area contributed by atoms with E-state index < -0.39 is 15.8 Å². The van der Waals surface area contributed by atoms with Gasteiger partial charge in [-0.2, -0.15) is 0 Å². The Hall–Kier alpha value is -0.690. The van der Waals surface area contributed by atoms with E-state index in [4.69, 9.17) is 0 Å². The first-order chi connectivity index (χ1) is 8.53. The van der Waals surface area contributed by atoms with Crippen LogP contribution in [0.5, 0.6) is 0 Å². The Morgan fingerprint density at radius 3 is 2.58 bits per heavy atom. The first-order valence-electron chi connectivity index (χ1n) is 5.96. The van der Waals surface area contributed by atoms with Crippen LogP contribution in [0.15, 0.2) is 24.3 Å². The average Bonchev–Trinajstić information content (AvgIpc) is 2.28. The van der Waals surface area contributed by atoms with Crippen molar-refractivity contribution in [3.63, 3.8) is 0 Å². The van der Waals surface area contributed by atoms with Crippen LogP contribution >= 0.6 is 12.4 Å². The van der Waals surface area contributed by atoms with Gasteiger partial charge < -0.3 is 5.32 Å². The zero-order chi connectivity index (χ0) is 13.4. The highest BCUT2D eigenvalue weighted by Gasteiger charge is 2.10. The zero-order valence-electron chi connectivity index (χ0n) is 10.9. The van der Waals surface area contributed by atoms with Gasteiger partial charge in [0.25, 0.3) is 0 Å². The van der Waals surface area contributed by atoms with Gasteiger partial charge in [-0.15, -0.1) is 12.4 Å². The average molecular weight is 311 g/mol. The van der Waals surface area contributed by atoms with E-state index in [-0.39, 0.29) is 18.2 Å². The molecule has 0 aliphatic heterocycles. The number of halogens is 2. The van der Waals surface area contributed by atoms with Crippen molar-refractivity contribution < 1.29 is 12.8 Å². The summed E-state index contributed by atoms with van der Waals surface area (Å²) in [6.07, 6.45) is 1.01. The van der Waals surface area contributed by atoms with Crippen molar-refractivity contribution in [1.29, 1.82) is 0 Å². The fourth-order valence-electron chi connectivity index (χ4n) is 1.49. The van der Waals surface area contributed by atoms with Crippen LogP contribution in [-0.4, -0.2) is 28.1 Å². The summed E-state index contributed by atoms with van der Waals surface area (Å²) in [5.74, 6) is -0.620. The van der Waals surface area contributed by atoms with E-state index in [0.29, 0.717) is 18.7 Å². The third-order valence-electron chi connectivity index (χ3n) is 2.30. The molecule has 0 saturated heterocycles. The molecule has 0 atom stereocenters. The summed E-state index contributed by atoms with van der Waals surface area (Å²) in [5.41, 5.74) is 0.448. The summed E-state index contributed by atoms with van der Waals surface area (Å²) in [6, 6.07) is 5.62. The van der Waals surface area contributed by atoms with Gasteiger partial charge in [-0.05, 0) is 30.7 Å². The smallest absolute Gasteiger partial charge is 0.215 e. The predicted octanol–water partition coefficient (Wildman–Crippen LogP) is 1.67. The number of rotatable bonds is 8. The minimum atomic E-state index is -3.40. The third-order valence-corrected chi connectivity index (χ3v) is 3.65. The molecule has 4 nitrogen and oxygen atoms in total. The third kappa shape index (κ3) is 8.15. The Kier molecular flexibility index (Phi) is 8.92. The fraction of sp³-hybridized carbons (Fsp3) is 0.500. The first kappa shape index (κ1) is 18.3. The Bertz CT molecular complexity index is 469. The molecule has 0 amide bonds. The molecular weight excluding hydrogens is 291 g/mol. The number of hydrogen-bond donors (Lipinski definition) is 2. The number of hydrogen-bond acceptors (Lipinski definition) is 3. The van der Waals surface area contributed by atoms with Crippen LogP contribution in [0.1, 0.15) is 18.9 Å². The highest BCUT2D eigenvalue weighted by molar-refractivity contribution is 7.88. The summed E-state index contributed by atoms with van der Waals surface area (Å²) in [4.78, 5) is 0. The normalized spacial score (nSPS) is 11.1. The van der Waals surface area contributed by atoms with Crippen LogP contribution in [0.3, 0.4) is 0 Å². The van der Waals surface area contributed by atoms with Crippen molar-refractivity contribution in [1.82, 2.24) is 10.0 Å². The molecule has 0 aromatic heterocycles. The van der Waals surface area contributed by atoms with E-state index in [2.05, 4.69) is 10.0 Å². The van der Waals surface area contributed by atoms with Gasteiger partial charge in [-0.25, -0.2) is 17.5 Å². The van der Waals surface area contributed by atoms with Crippen molar-refractivity contribution in [2.24, 2.45) is 0 Å². The summed E-state index contributed by atoms with van der Waals surface area (Å²) < 4.78 is 38.7. The standard InChI is InChI=1S/C12H19FN2O2S.ClH/c1-2-6-14-7-8-15-18(16,17)10-11-4-3-5-12(13)9-11;/h3-5,9,14-15H,2,6-8,10H2,1H3;1H. The Labute approximate surface area is 120 Å². The lowest BCUT2D eigenvalue weighted by Crippen LogP contribution is -2.32. The minimum absolute atomic E-state index is 0. The van der Waals surface area contributed by atoms with Gasteiger partial charge in [-0.3, -0.25) is 0 Å². The lowest BCUT2D eigenvalue weighted by atomic mass is 10.2. The van der Waals surface area contributed by atoms with E-state index in [1.165, 1.54) is 18.2 Å². The van der Waals surface area contributed by atoms with Gasteiger partial charge in [0.15, 0.2) is 0 Å². The summed E-state index contributed by atoms with van der Waals surface area (Å²) in [7, 11) is -3.40. The van der Waals surface area contributed by atoms with Crippen molar-refractivity contribution in [3.8, 4) is 0 Å². The molecular formula is C12H20ClFN2O2S. The highest BCUT2D eigenvalue weighted by Crippen LogP contribution is 2.06. The number of benzene rings is 1. The van der Waals surface area contributed by atoms with Crippen LogP contribution in [0.2, 0.25) is 0 Å². The quantitative estimate of drug-likeness (QED) is 0.718. The Morgan fingerprint density at radius 2 is 1.95 bits per heavy atom. The van der Waals surface area contributed by atoms with Gasteiger partial charge in [-0.1, -0.05) is 19.1 Å². The van der Waals surface area contributed by atoms with Crippen molar-refractivity contribution in [2.75, 3.05) is 19.6 Å². The maximum Gasteiger partial charge on any atom is 0.215 e. The predicted molar refractivity (Wildman–Crippen MR) is 77.4 cm³/mol. The van der Waals surface area contributed by atoms with Gasteiger partial charge in [0.05, 0.1) is 5.75 Å². The largest absolute Gasteiger partial charge is 0.315 e. The van der Waals surface area contributed by atoms with E-state index in [1.807, 2.05) is 6.92 Å². The molecule has 0 spiro atoms. The second-order valence-electron chi connectivity index (χ2n) is 4.03. The SMILES string of the molecule is CCCNCCNS(=O)(=O)Cc1cccc(F)c1.Cl. The summed E-state index contributed by atoms with van der Waals surface area (Å²) in [5, 5.41) is 3.09. The maximum atomic E-state index is 12.9. The fourth-order valence-corrected chi connectivity index (χ4v) is 2.63. The van der Waals surface area contributed by atoms with Crippen molar-refractivity contribution in [3.05, 3.63) is 35.6 Å². The van der Waals surface area contributed by atoms with E-state index in [0.717, 1.165) is 13.0 Å². The molecule has 1 aromatic carbocycles. The topological polar surface area (TPSA) is 58.2 Å². The summed E-state index contributed by atoms with van der Waals surface area (Å²) >= 11 is 0. The molecule has 1 rings (SSSR count). The zero-order valence-corrected chi connectivity index (χ0v) is 12.5. The molecule has 0 aliphatic carbocycles.